The maximum absolute atomic E-state index is 11.8. The number of hydrogen-bond acceptors (Lipinski definition) is 11. The zero-order valence-electron chi connectivity index (χ0n) is 16.4. The van der Waals surface area contributed by atoms with Crippen molar-refractivity contribution in [1.82, 2.24) is 5.06 Å². The van der Waals surface area contributed by atoms with Gasteiger partial charge in [-0.3, -0.25) is 19.7 Å². The molecule has 1 aliphatic rings. The molecule has 1 heterocycles. The number of rotatable bonds is 11. The third-order valence-corrected chi connectivity index (χ3v) is 5.38. The number of unbranched alkanes of at least 4 members (excludes halogenated alkanes) is 2. The standard InChI is InChI=1S/C16H18N6O9S/c17-20-19-10-5-6-11(12(8-10)22(26)27)18-7-3-1-2-4-15(24)31-21-14(23)9-13(16(21)25)32(28,29)30/h5-6,8,13,18H,1-4,7,9H2,(H,28,29,30)/p-1. The Hall–Kier alpha value is -3.75. The Morgan fingerprint density at radius 3 is 2.66 bits per heavy atom. The van der Waals surface area contributed by atoms with Crippen LogP contribution in [0.5, 0.6) is 0 Å². The van der Waals surface area contributed by atoms with Crippen LogP contribution >= 0.6 is 0 Å². The summed E-state index contributed by atoms with van der Waals surface area (Å²) < 4.78 is 32.8. The number of azide groups is 1. The molecule has 2 rings (SSSR count). The Morgan fingerprint density at radius 1 is 1.34 bits per heavy atom. The van der Waals surface area contributed by atoms with Crippen molar-refractivity contribution >= 4 is 45.0 Å². The lowest BCUT2D eigenvalue weighted by atomic mass is 10.2. The molecule has 0 aromatic heterocycles. The van der Waals surface area contributed by atoms with Gasteiger partial charge in [-0.25, -0.2) is 13.2 Å². The van der Waals surface area contributed by atoms with Crippen LogP contribution < -0.4 is 5.32 Å². The minimum atomic E-state index is -5.04. The number of imide groups is 1. The summed E-state index contributed by atoms with van der Waals surface area (Å²) in [7, 11) is -5.04. The average molecular weight is 469 g/mol. The fourth-order valence-corrected chi connectivity index (χ4v) is 3.47. The van der Waals surface area contributed by atoms with E-state index in [1.807, 2.05) is 0 Å². The number of anilines is 1. The molecule has 1 fully saturated rings. The van der Waals surface area contributed by atoms with Gasteiger partial charge in [0.15, 0.2) is 0 Å². The van der Waals surface area contributed by atoms with Crippen molar-refractivity contribution < 1.29 is 37.1 Å². The molecule has 0 bridgehead atoms. The van der Waals surface area contributed by atoms with Crippen LogP contribution in [0.1, 0.15) is 32.1 Å². The van der Waals surface area contributed by atoms with E-state index in [4.69, 9.17) is 5.53 Å². The van der Waals surface area contributed by atoms with Crippen LogP contribution in [0.25, 0.3) is 10.4 Å². The Labute approximate surface area is 180 Å². The quantitative estimate of drug-likeness (QED) is 0.0720. The van der Waals surface area contributed by atoms with E-state index in [0.717, 1.165) is 6.07 Å². The topological polar surface area (TPSA) is 225 Å². The molecule has 0 saturated carbocycles. The number of nitro groups is 1. The molecular weight excluding hydrogens is 452 g/mol. The third-order valence-electron chi connectivity index (χ3n) is 4.32. The van der Waals surface area contributed by atoms with E-state index in [1.54, 1.807) is 0 Å². The molecule has 1 N–H and O–H groups in total. The third kappa shape index (κ3) is 6.37. The number of nitrogens with zero attached hydrogens (tertiary/aromatic N) is 5. The minimum absolute atomic E-state index is 0.00313. The molecule has 32 heavy (non-hydrogen) atoms. The van der Waals surface area contributed by atoms with Gasteiger partial charge in [0.2, 0.25) is 0 Å². The molecule has 1 aliphatic heterocycles. The van der Waals surface area contributed by atoms with Crippen molar-refractivity contribution in [3.63, 3.8) is 0 Å². The zero-order valence-corrected chi connectivity index (χ0v) is 17.2. The lowest BCUT2D eigenvalue weighted by molar-refractivity contribution is -0.383. The van der Waals surface area contributed by atoms with Crippen molar-refractivity contribution in [2.24, 2.45) is 5.11 Å². The second-order valence-electron chi connectivity index (χ2n) is 6.56. The fraction of sp³-hybridized carbons (Fsp3) is 0.438. The van der Waals surface area contributed by atoms with E-state index in [0.29, 0.717) is 19.4 Å². The summed E-state index contributed by atoms with van der Waals surface area (Å²) in [6.07, 6.45) is 0.206. The number of amides is 2. The van der Waals surface area contributed by atoms with Gasteiger partial charge in [-0.05, 0) is 24.4 Å². The van der Waals surface area contributed by atoms with E-state index >= 15 is 0 Å². The number of hydrogen-bond donors (Lipinski definition) is 1. The van der Waals surface area contributed by atoms with Gasteiger partial charge in [0, 0.05) is 29.6 Å². The first-order chi connectivity index (χ1) is 15.0. The Bertz CT molecular complexity index is 1080. The summed E-state index contributed by atoms with van der Waals surface area (Å²) in [5.41, 5.74) is 8.45. The van der Waals surface area contributed by atoms with Gasteiger partial charge in [0.1, 0.15) is 21.1 Å². The molecule has 1 aromatic rings. The van der Waals surface area contributed by atoms with Crippen LogP contribution in [0.4, 0.5) is 17.1 Å². The summed E-state index contributed by atoms with van der Waals surface area (Å²) in [5, 5.41) is 15.2. The van der Waals surface area contributed by atoms with Crippen LogP contribution in [0.15, 0.2) is 23.3 Å². The molecule has 1 unspecified atom stereocenters. The highest BCUT2D eigenvalue weighted by atomic mass is 32.2. The summed E-state index contributed by atoms with van der Waals surface area (Å²) in [5.74, 6) is -3.44. The highest BCUT2D eigenvalue weighted by molar-refractivity contribution is 7.87. The van der Waals surface area contributed by atoms with E-state index in [2.05, 4.69) is 20.2 Å². The molecule has 0 spiro atoms. The van der Waals surface area contributed by atoms with Gasteiger partial charge >= 0.3 is 5.97 Å². The second-order valence-corrected chi connectivity index (χ2v) is 8.12. The first-order valence-corrected chi connectivity index (χ1v) is 10.6. The summed E-state index contributed by atoms with van der Waals surface area (Å²) in [6, 6.07) is 3.94. The maximum atomic E-state index is 11.8. The highest BCUT2D eigenvalue weighted by Gasteiger charge is 2.45. The van der Waals surface area contributed by atoms with Crippen LogP contribution in [-0.2, 0) is 29.3 Å². The Balaban J connectivity index is 1.75. The summed E-state index contributed by atoms with van der Waals surface area (Å²) >= 11 is 0. The van der Waals surface area contributed by atoms with Crippen molar-refractivity contribution in [2.75, 3.05) is 11.9 Å². The molecular formula is C16H17N6O9S-. The summed E-state index contributed by atoms with van der Waals surface area (Å²) in [6.45, 7) is 0.322. The van der Waals surface area contributed by atoms with E-state index in [9.17, 15) is 37.5 Å². The van der Waals surface area contributed by atoms with Crippen molar-refractivity contribution in [1.29, 1.82) is 0 Å². The van der Waals surface area contributed by atoms with Gasteiger partial charge in [-0.2, -0.15) is 0 Å². The van der Waals surface area contributed by atoms with E-state index < -0.39 is 44.5 Å². The van der Waals surface area contributed by atoms with Gasteiger partial charge < -0.3 is 14.7 Å². The van der Waals surface area contributed by atoms with Gasteiger partial charge in [-0.1, -0.05) is 17.6 Å². The largest absolute Gasteiger partial charge is 0.747 e. The van der Waals surface area contributed by atoms with Gasteiger partial charge in [-0.15, -0.1) is 5.06 Å². The first-order valence-electron chi connectivity index (χ1n) is 9.14. The van der Waals surface area contributed by atoms with Gasteiger partial charge in [0.05, 0.1) is 11.3 Å². The molecule has 16 heteroatoms. The monoisotopic (exact) mass is 469 g/mol. The van der Waals surface area contributed by atoms with Crippen molar-refractivity contribution in [2.45, 2.75) is 37.4 Å². The number of hydroxylamine groups is 2. The van der Waals surface area contributed by atoms with Crippen molar-refractivity contribution in [3.05, 3.63) is 38.8 Å². The van der Waals surface area contributed by atoms with Crippen LogP contribution in [0, 0.1) is 10.1 Å². The maximum Gasteiger partial charge on any atom is 0.333 e. The predicted molar refractivity (Wildman–Crippen MR) is 105 cm³/mol. The smallest absolute Gasteiger partial charge is 0.333 e. The fourth-order valence-electron chi connectivity index (χ4n) is 2.78. The molecule has 15 nitrogen and oxygen atoms in total. The zero-order chi connectivity index (χ0) is 23.9. The number of nitro benzene ring substituents is 1. The molecule has 1 atom stereocenters. The van der Waals surface area contributed by atoms with E-state index in [-0.39, 0.29) is 35.0 Å². The lowest BCUT2D eigenvalue weighted by Gasteiger charge is -2.15. The van der Waals surface area contributed by atoms with Crippen LogP contribution in [0.2, 0.25) is 0 Å². The number of carbonyl (C=O) groups is 3. The number of nitrogens with one attached hydrogen (secondary N) is 1. The SMILES string of the molecule is [N-]=[N+]=Nc1ccc(NCCCCCC(=O)ON2C(=O)CC(S(=O)(=O)[O-])C2=O)c([N+](=O)[O-])c1. The highest BCUT2D eigenvalue weighted by Crippen LogP contribution is 2.29. The van der Waals surface area contributed by atoms with Crippen LogP contribution in [-0.4, -0.2) is 52.5 Å². The molecule has 172 valence electrons. The number of benzene rings is 1. The minimum Gasteiger partial charge on any atom is -0.747 e. The molecule has 2 amide bonds. The Morgan fingerprint density at radius 2 is 2.06 bits per heavy atom. The normalized spacial score (nSPS) is 15.9. The molecule has 1 saturated heterocycles. The summed E-state index contributed by atoms with van der Waals surface area (Å²) in [4.78, 5) is 52.8. The first kappa shape index (κ1) is 24.5. The molecule has 1 aromatic carbocycles. The predicted octanol–water partition coefficient (Wildman–Crippen LogP) is 1.64. The van der Waals surface area contributed by atoms with Crippen LogP contribution in [0.3, 0.4) is 0 Å². The number of carbonyl (C=O) groups excluding carboxylic acids is 3. The average Bonchev–Trinajstić information content (AvgIpc) is 3.00. The molecule has 0 aliphatic carbocycles. The van der Waals surface area contributed by atoms with Crippen molar-refractivity contribution in [3.8, 4) is 0 Å². The Kier molecular flexibility index (Phi) is 8.06. The van der Waals surface area contributed by atoms with E-state index in [1.165, 1.54) is 12.1 Å². The lowest BCUT2D eigenvalue weighted by Crippen LogP contribution is -2.36. The van der Waals surface area contributed by atoms with Gasteiger partial charge in [0.25, 0.3) is 17.5 Å². The molecule has 0 radical (unpaired) electrons. The second kappa shape index (κ2) is 10.5.